The number of rotatable bonds is 5. The number of carbonyl (C=O) groups excluding carboxylic acids is 1. The van der Waals surface area contributed by atoms with E-state index >= 15 is 0 Å². The smallest absolute Gasteiger partial charge is 0.251 e. The molecule has 102 valence electrons. The minimum Gasteiger partial charge on any atom is -0.352 e. The first-order valence-electron chi connectivity index (χ1n) is 6.96. The zero-order valence-electron chi connectivity index (χ0n) is 11.2. The Morgan fingerprint density at radius 1 is 1.25 bits per heavy atom. The van der Waals surface area contributed by atoms with Crippen LogP contribution >= 0.6 is 0 Å². The molecule has 2 aromatic rings. The molecule has 0 atom stereocenters. The largest absolute Gasteiger partial charge is 0.352 e. The van der Waals surface area contributed by atoms with Gasteiger partial charge in [-0.2, -0.15) is 0 Å². The van der Waals surface area contributed by atoms with Crippen molar-refractivity contribution in [3.63, 3.8) is 0 Å². The summed E-state index contributed by atoms with van der Waals surface area (Å²) in [6.45, 7) is 0.599. The number of carbonyl (C=O) groups is 1. The molecule has 3 rings (SSSR count). The van der Waals surface area contributed by atoms with Crippen molar-refractivity contribution in [2.75, 3.05) is 6.54 Å². The van der Waals surface area contributed by atoms with Crippen molar-refractivity contribution in [2.45, 2.75) is 25.2 Å². The van der Waals surface area contributed by atoms with Crippen LogP contribution in [0.4, 0.5) is 0 Å². The van der Waals surface area contributed by atoms with Gasteiger partial charge in [0.05, 0.1) is 0 Å². The van der Waals surface area contributed by atoms with Crippen LogP contribution in [0, 0.1) is 0 Å². The minimum absolute atomic E-state index is 0.00905. The number of aromatic nitrogens is 2. The third kappa shape index (κ3) is 3.02. The predicted molar refractivity (Wildman–Crippen MR) is 76.5 cm³/mol. The highest BCUT2D eigenvalue weighted by molar-refractivity contribution is 5.95. The van der Waals surface area contributed by atoms with Gasteiger partial charge in [0.1, 0.15) is 0 Å². The Hall–Kier alpha value is -2.23. The fraction of sp³-hybridized carbons (Fsp3) is 0.312. The molecule has 2 aromatic heterocycles. The van der Waals surface area contributed by atoms with Crippen molar-refractivity contribution in [2.24, 2.45) is 0 Å². The molecule has 0 saturated heterocycles. The first kappa shape index (κ1) is 12.8. The van der Waals surface area contributed by atoms with E-state index in [9.17, 15) is 4.79 Å². The second-order valence-electron chi connectivity index (χ2n) is 5.06. The molecule has 1 aliphatic rings. The van der Waals surface area contributed by atoms with Crippen LogP contribution in [0.5, 0.6) is 0 Å². The summed E-state index contributed by atoms with van der Waals surface area (Å²) in [6.07, 6.45) is 8.35. The maximum Gasteiger partial charge on any atom is 0.251 e. The lowest BCUT2D eigenvalue weighted by atomic mass is 10.1. The zero-order chi connectivity index (χ0) is 13.8. The third-order valence-electron chi connectivity index (χ3n) is 3.51. The van der Waals surface area contributed by atoms with Gasteiger partial charge in [-0.3, -0.25) is 14.8 Å². The molecule has 0 spiro atoms. The summed E-state index contributed by atoms with van der Waals surface area (Å²) >= 11 is 0. The predicted octanol–water partition coefficient (Wildman–Crippen LogP) is 2.33. The molecule has 0 radical (unpaired) electrons. The van der Waals surface area contributed by atoms with E-state index < -0.39 is 0 Å². The Labute approximate surface area is 118 Å². The Bertz CT molecular complexity index is 594. The molecule has 20 heavy (non-hydrogen) atoms. The van der Waals surface area contributed by atoms with Crippen molar-refractivity contribution < 1.29 is 4.79 Å². The molecule has 2 heterocycles. The zero-order valence-corrected chi connectivity index (χ0v) is 11.2. The highest BCUT2D eigenvalue weighted by atomic mass is 16.1. The van der Waals surface area contributed by atoms with Gasteiger partial charge >= 0.3 is 0 Å². The van der Waals surface area contributed by atoms with Crippen molar-refractivity contribution in [1.82, 2.24) is 15.3 Å². The van der Waals surface area contributed by atoms with Crippen LogP contribution in [0.1, 0.15) is 40.4 Å². The normalized spacial score (nSPS) is 14.0. The molecule has 1 aliphatic carbocycles. The van der Waals surface area contributed by atoms with Gasteiger partial charge in [-0.1, -0.05) is 6.07 Å². The van der Waals surface area contributed by atoms with Crippen LogP contribution in [-0.4, -0.2) is 22.4 Å². The van der Waals surface area contributed by atoms with Gasteiger partial charge < -0.3 is 5.32 Å². The molecule has 1 fully saturated rings. The molecule has 0 aliphatic heterocycles. The number of hydrogen-bond acceptors (Lipinski definition) is 3. The van der Waals surface area contributed by atoms with Gasteiger partial charge in [0.25, 0.3) is 5.91 Å². The van der Waals surface area contributed by atoms with E-state index in [2.05, 4.69) is 15.3 Å². The summed E-state index contributed by atoms with van der Waals surface area (Å²) in [5, 5.41) is 2.96. The average Bonchev–Trinajstić information content (AvgIpc) is 3.33. The van der Waals surface area contributed by atoms with Crippen molar-refractivity contribution >= 4 is 5.91 Å². The number of hydrogen-bond donors (Lipinski definition) is 1. The van der Waals surface area contributed by atoms with E-state index in [1.165, 1.54) is 12.8 Å². The lowest BCUT2D eigenvalue weighted by Crippen LogP contribution is -2.26. The second-order valence-corrected chi connectivity index (χ2v) is 5.06. The van der Waals surface area contributed by atoms with E-state index in [0.717, 1.165) is 23.2 Å². The summed E-state index contributed by atoms with van der Waals surface area (Å²) in [6, 6.07) is 7.62. The van der Waals surface area contributed by atoms with Crippen molar-refractivity contribution in [3.05, 3.63) is 59.7 Å². The molecule has 4 nitrogen and oxygen atoms in total. The van der Waals surface area contributed by atoms with E-state index in [1.807, 2.05) is 30.5 Å². The first-order chi connectivity index (χ1) is 9.84. The van der Waals surface area contributed by atoms with Crippen molar-refractivity contribution in [3.8, 4) is 0 Å². The van der Waals surface area contributed by atoms with Crippen LogP contribution < -0.4 is 5.32 Å². The highest BCUT2D eigenvalue weighted by Crippen LogP contribution is 2.41. The standard InChI is InChI=1S/C16H17N3O/c20-16(19-10-6-13-3-1-2-8-18-13)14-7-9-17-11-15(14)12-4-5-12/h1-3,7-9,11-12H,4-6,10H2,(H,19,20). The second kappa shape index (κ2) is 5.82. The molecule has 1 amide bonds. The Kier molecular flexibility index (Phi) is 3.72. The van der Waals surface area contributed by atoms with Crippen LogP contribution in [0.15, 0.2) is 42.9 Å². The first-order valence-corrected chi connectivity index (χ1v) is 6.96. The van der Waals surface area contributed by atoms with Gasteiger partial charge in [-0.05, 0) is 42.5 Å². The monoisotopic (exact) mass is 267 g/mol. The quantitative estimate of drug-likeness (QED) is 0.904. The molecule has 0 bridgehead atoms. The fourth-order valence-corrected chi connectivity index (χ4v) is 2.28. The summed E-state index contributed by atoms with van der Waals surface area (Å²) < 4.78 is 0. The highest BCUT2D eigenvalue weighted by Gasteiger charge is 2.27. The molecule has 0 aromatic carbocycles. The Morgan fingerprint density at radius 3 is 2.90 bits per heavy atom. The van der Waals surface area contributed by atoms with Gasteiger partial charge in [0, 0.05) is 42.8 Å². The summed E-state index contributed by atoms with van der Waals surface area (Å²) in [5.74, 6) is 0.519. The van der Waals surface area contributed by atoms with Crippen molar-refractivity contribution in [1.29, 1.82) is 0 Å². The topological polar surface area (TPSA) is 54.9 Å². The minimum atomic E-state index is -0.00905. The molecule has 0 unspecified atom stereocenters. The molecular formula is C16H17N3O. The lowest BCUT2D eigenvalue weighted by molar-refractivity contribution is 0.0953. The fourth-order valence-electron chi connectivity index (χ4n) is 2.28. The average molecular weight is 267 g/mol. The molecular weight excluding hydrogens is 250 g/mol. The van der Waals surface area contributed by atoms with Crippen LogP contribution in [0.2, 0.25) is 0 Å². The van der Waals surface area contributed by atoms with E-state index in [1.54, 1.807) is 12.4 Å². The number of amides is 1. The summed E-state index contributed by atoms with van der Waals surface area (Å²) in [5.41, 5.74) is 2.84. The third-order valence-corrected chi connectivity index (χ3v) is 3.51. The van der Waals surface area contributed by atoms with E-state index in [0.29, 0.717) is 12.5 Å². The lowest BCUT2D eigenvalue weighted by Gasteiger charge is -2.08. The molecule has 1 saturated carbocycles. The summed E-state index contributed by atoms with van der Waals surface area (Å²) in [7, 11) is 0. The maximum absolute atomic E-state index is 12.2. The number of nitrogens with one attached hydrogen (secondary N) is 1. The SMILES string of the molecule is O=C(NCCc1ccccn1)c1ccncc1C1CC1. The van der Waals surface area contributed by atoms with Gasteiger partial charge in [-0.25, -0.2) is 0 Å². The van der Waals surface area contributed by atoms with Gasteiger partial charge in [0.15, 0.2) is 0 Å². The van der Waals surface area contributed by atoms with Gasteiger partial charge in [-0.15, -0.1) is 0 Å². The van der Waals surface area contributed by atoms with Crippen LogP contribution in [0.3, 0.4) is 0 Å². The Balaban J connectivity index is 1.59. The molecule has 1 N–H and O–H groups in total. The molecule has 4 heteroatoms. The number of nitrogens with zero attached hydrogens (tertiary/aromatic N) is 2. The van der Waals surface area contributed by atoms with Gasteiger partial charge in [0.2, 0.25) is 0 Å². The van der Waals surface area contributed by atoms with E-state index in [4.69, 9.17) is 0 Å². The van der Waals surface area contributed by atoms with Crippen LogP contribution in [-0.2, 0) is 6.42 Å². The Morgan fingerprint density at radius 2 is 2.15 bits per heavy atom. The maximum atomic E-state index is 12.2. The summed E-state index contributed by atoms with van der Waals surface area (Å²) in [4.78, 5) is 20.6. The number of pyridine rings is 2. The van der Waals surface area contributed by atoms with Crippen LogP contribution in [0.25, 0.3) is 0 Å². The van der Waals surface area contributed by atoms with E-state index in [-0.39, 0.29) is 5.91 Å².